The summed E-state index contributed by atoms with van der Waals surface area (Å²) >= 11 is 0. The highest BCUT2D eigenvalue weighted by Crippen LogP contribution is 2.33. The number of anilines is 2. The highest BCUT2D eigenvalue weighted by Gasteiger charge is 2.31. The van der Waals surface area contributed by atoms with E-state index < -0.39 is 32.5 Å². The van der Waals surface area contributed by atoms with Crippen molar-refractivity contribution in [2.75, 3.05) is 63.8 Å². The SMILES string of the molecule is COc1ccc(S(=O)(=O)N(CC(=O)Nc2ccc(OC)c(S(=O)(=O)N3CCOCC3)c2)c2ccccc2OC)cc1. The zero-order chi connectivity index (χ0) is 29.6. The van der Waals surface area contributed by atoms with Crippen molar-refractivity contribution in [1.29, 1.82) is 0 Å². The monoisotopic (exact) mass is 605 g/mol. The van der Waals surface area contributed by atoms with Gasteiger partial charge < -0.3 is 24.3 Å². The van der Waals surface area contributed by atoms with Crippen LogP contribution >= 0.6 is 0 Å². The molecule has 3 aromatic rings. The van der Waals surface area contributed by atoms with E-state index in [0.29, 0.717) is 5.75 Å². The van der Waals surface area contributed by atoms with Gasteiger partial charge in [-0.3, -0.25) is 9.10 Å². The first-order valence-electron chi connectivity index (χ1n) is 12.5. The van der Waals surface area contributed by atoms with Gasteiger partial charge in [-0.25, -0.2) is 16.8 Å². The minimum atomic E-state index is -4.25. The van der Waals surface area contributed by atoms with Crippen LogP contribution in [-0.4, -0.2) is 81.2 Å². The van der Waals surface area contributed by atoms with Crippen molar-refractivity contribution < 1.29 is 40.6 Å². The third-order valence-electron chi connectivity index (χ3n) is 6.32. The average molecular weight is 606 g/mol. The third kappa shape index (κ3) is 6.56. The maximum absolute atomic E-state index is 13.8. The van der Waals surface area contributed by atoms with Gasteiger partial charge >= 0.3 is 0 Å². The number of carbonyl (C=O) groups is 1. The first-order chi connectivity index (χ1) is 19.6. The van der Waals surface area contributed by atoms with Gasteiger partial charge in [0, 0.05) is 18.8 Å². The van der Waals surface area contributed by atoms with Crippen LogP contribution < -0.4 is 23.8 Å². The van der Waals surface area contributed by atoms with Gasteiger partial charge in [-0.05, 0) is 54.6 Å². The second-order valence-corrected chi connectivity index (χ2v) is 12.6. The Morgan fingerprint density at radius 1 is 0.878 bits per heavy atom. The minimum Gasteiger partial charge on any atom is -0.497 e. The number of nitrogens with zero attached hydrogens (tertiary/aromatic N) is 2. The van der Waals surface area contributed by atoms with E-state index in [-0.39, 0.29) is 59.0 Å². The molecule has 220 valence electrons. The van der Waals surface area contributed by atoms with Crippen LogP contribution in [0.25, 0.3) is 0 Å². The van der Waals surface area contributed by atoms with E-state index in [2.05, 4.69) is 5.32 Å². The van der Waals surface area contributed by atoms with E-state index in [0.717, 1.165) is 4.31 Å². The minimum absolute atomic E-state index is 0.0691. The lowest BCUT2D eigenvalue weighted by atomic mass is 10.3. The van der Waals surface area contributed by atoms with Crippen molar-refractivity contribution in [2.45, 2.75) is 9.79 Å². The smallest absolute Gasteiger partial charge is 0.264 e. The summed E-state index contributed by atoms with van der Waals surface area (Å²) in [6, 6.07) is 16.3. The summed E-state index contributed by atoms with van der Waals surface area (Å²) in [6.07, 6.45) is 0. The number of ether oxygens (including phenoxy) is 4. The molecule has 0 spiro atoms. The van der Waals surface area contributed by atoms with Gasteiger partial charge in [0.25, 0.3) is 10.0 Å². The van der Waals surface area contributed by atoms with Gasteiger partial charge in [-0.15, -0.1) is 0 Å². The lowest BCUT2D eigenvalue weighted by molar-refractivity contribution is -0.114. The van der Waals surface area contributed by atoms with E-state index in [1.807, 2.05) is 0 Å². The molecule has 0 aromatic heterocycles. The van der Waals surface area contributed by atoms with Crippen molar-refractivity contribution in [3.05, 3.63) is 66.7 Å². The third-order valence-corrected chi connectivity index (χ3v) is 10.0. The lowest BCUT2D eigenvalue weighted by Gasteiger charge is -2.27. The van der Waals surface area contributed by atoms with Crippen molar-refractivity contribution >= 4 is 37.3 Å². The summed E-state index contributed by atoms with van der Waals surface area (Å²) in [7, 11) is -4.01. The number of methoxy groups -OCH3 is 3. The number of benzene rings is 3. The Hall–Kier alpha value is -3.85. The molecule has 0 saturated carbocycles. The molecule has 3 aromatic carbocycles. The van der Waals surface area contributed by atoms with Crippen LogP contribution in [0.1, 0.15) is 0 Å². The fraction of sp³-hybridized carbons (Fsp3) is 0.296. The summed E-state index contributed by atoms with van der Waals surface area (Å²) in [6.45, 7) is 0.253. The molecule has 1 fully saturated rings. The number of sulfonamides is 2. The maximum Gasteiger partial charge on any atom is 0.264 e. The van der Waals surface area contributed by atoms with Crippen LogP contribution in [0, 0.1) is 0 Å². The van der Waals surface area contributed by atoms with Gasteiger partial charge in [0.15, 0.2) is 0 Å². The second kappa shape index (κ2) is 12.8. The highest BCUT2D eigenvalue weighted by molar-refractivity contribution is 7.93. The Bertz CT molecular complexity index is 1590. The second-order valence-electron chi connectivity index (χ2n) is 8.79. The molecule has 0 bridgehead atoms. The van der Waals surface area contributed by atoms with E-state index in [9.17, 15) is 21.6 Å². The maximum atomic E-state index is 13.8. The normalized spacial score (nSPS) is 14.2. The Balaban J connectivity index is 1.66. The first kappa shape index (κ1) is 30.1. The van der Waals surface area contributed by atoms with Gasteiger partial charge in [0.2, 0.25) is 15.9 Å². The molecule has 1 amide bonds. The molecule has 1 aliphatic heterocycles. The number of rotatable bonds is 11. The summed E-state index contributed by atoms with van der Waals surface area (Å²) in [5.74, 6) is 0.0914. The number of hydrogen-bond donors (Lipinski definition) is 1. The zero-order valence-electron chi connectivity index (χ0n) is 22.8. The van der Waals surface area contributed by atoms with E-state index in [1.165, 1.54) is 74.2 Å². The Morgan fingerprint density at radius 2 is 1.54 bits per heavy atom. The van der Waals surface area contributed by atoms with Gasteiger partial charge in [0.1, 0.15) is 28.7 Å². The summed E-state index contributed by atoms with van der Waals surface area (Å²) in [5, 5.41) is 2.62. The lowest BCUT2D eigenvalue weighted by Crippen LogP contribution is -2.40. The number of nitrogens with one attached hydrogen (secondary N) is 1. The topological polar surface area (TPSA) is 141 Å². The molecule has 0 aliphatic carbocycles. The number of amides is 1. The summed E-state index contributed by atoms with van der Waals surface area (Å²) in [5.41, 5.74) is 0.288. The zero-order valence-corrected chi connectivity index (χ0v) is 24.4. The standard InChI is InChI=1S/C27H31N3O9S2/c1-36-21-9-11-22(12-10-21)40(32,33)30(23-6-4-5-7-24(23)37-2)19-27(31)28-20-8-13-25(38-3)26(18-20)41(34,35)29-14-16-39-17-15-29/h4-13,18H,14-17,19H2,1-3H3,(H,28,31). The van der Waals surface area contributed by atoms with Crippen molar-refractivity contribution in [2.24, 2.45) is 0 Å². The van der Waals surface area contributed by atoms with Gasteiger partial charge in [0.05, 0.1) is 45.1 Å². The largest absolute Gasteiger partial charge is 0.497 e. The molecule has 14 heteroatoms. The summed E-state index contributed by atoms with van der Waals surface area (Å²) < 4.78 is 77.5. The molecule has 1 aliphatic rings. The Morgan fingerprint density at radius 3 is 2.17 bits per heavy atom. The van der Waals surface area contributed by atoms with Crippen LogP contribution in [0.3, 0.4) is 0 Å². The van der Waals surface area contributed by atoms with Gasteiger partial charge in [-0.2, -0.15) is 4.31 Å². The number of carbonyl (C=O) groups excluding carboxylic acids is 1. The molecule has 1 heterocycles. The van der Waals surface area contributed by atoms with E-state index >= 15 is 0 Å². The number of hydrogen-bond acceptors (Lipinski definition) is 9. The number of para-hydroxylation sites is 2. The molecule has 0 radical (unpaired) electrons. The molecule has 1 saturated heterocycles. The van der Waals surface area contributed by atoms with Crippen LogP contribution in [0.2, 0.25) is 0 Å². The molecule has 1 N–H and O–H groups in total. The molecule has 4 rings (SSSR count). The molecular formula is C27H31N3O9S2. The Kier molecular flexibility index (Phi) is 9.38. The van der Waals surface area contributed by atoms with Crippen LogP contribution in [0.5, 0.6) is 17.2 Å². The van der Waals surface area contributed by atoms with Crippen molar-refractivity contribution in [1.82, 2.24) is 4.31 Å². The van der Waals surface area contributed by atoms with Crippen LogP contribution in [0.15, 0.2) is 76.5 Å². The quantitative estimate of drug-likeness (QED) is 0.349. The van der Waals surface area contributed by atoms with Crippen LogP contribution in [0.4, 0.5) is 11.4 Å². The van der Waals surface area contributed by atoms with Crippen molar-refractivity contribution in [3.8, 4) is 17.2 Å². The average Bonchev–Trinajstić information content (AvgIpc) is 3.00. The predicted octanol–water partition coefficient (Wildman–Crippen LogP) is 2.57. The van der Waals surface area contributed by atoms with E-state index in [4.69, 9.17) is 18.9 Å². The van der Waals surface area contributed by atoms with Crippen molar-refractivity contribution in [3.63, 3.8) is 0 Å². The number of morpholine rings is 1. The first-order valence-corrected chi connectivity index (χ1v) is 15.4. The van der Waals surface area contributed by atoms with Crippen LogP contribution in [-0.2, 0) is 29.6 Å². The van der Waals surface area contributed by atoms with E-state index in [1.54, 1.807) is 18.2 Å². The van der Waals surface area contributed by atoms with Gasteiger partial charge in [-0.1, -0.05) is 12.1 Å². The predicted molar refractivity (Wildman–Crippen MR) is 152 cm³/mol. The molecule has 41 heavy (non-hydrogen) atoms. The molecule has 0 unspecified atom stereocenters. The summed E-state index contributed by atoms with van der Waals surface area (Å²) in [4.78, 5) is 13.1. The highest BCUT2D eigenvalue weighted by atomic mass is 32.2. The fourth-order valence-corrected chi connectivity index (χ4v) is 7.24. The Labute approximate surface area is 239 Å². The molecule has 12 nitrogen and oxygen atoms in total. The fourth-order valence-electron chi connectivity index (χ4n) is 4.22. The molecule has 0 atom stereocenters. The molecular weight excluding hydrogens is 574 g/mol.